The first kappa shape index (κ1) is 13.9. The van der Waals surface area contributed by atoms with E-state index in [1.54, 1.807) is 0 Å². The largest absolute Gasteiger partial charge is 0.479 e. The Balaban J connectivity index is 2.38. The Bertz CT molecular complexity index is 521. The van der Waals surface area contributed by atoms with Crippen LogP contribution in [0.4, 0.5) is 4.39 Å². The first-order chi connectivity index (χ1) is 8.99. The predicted molar refractivity (Wildman–Crippen MR) is 58.0 cm³/mol. The van der Waals surface area contributed by atoms with Crippen LogP contribution in [0.15, 0.2) is 11.0 Å². The van der Waals surface area contributed by atoms with Crippen LogP contribution in [0.5, 0.6) is 5.88 Å². The second kappa shape index (κ2) is 5.21. The smallest absolute Gasteiger partial charge is 0.353 e. The van der Waals surface area contributed by atoms with E-state index in [1.807, 2.05) is 0 Å². The average molecular weight is 276 g/mol. The maximum atomic E-state index is 13.5. The second-order valence-electron chi connectivity index (χ2n) is 4.02. The molecule has 1 fully saturated rings. The molecule has 0 aliphatic carbocycles. The van der Waals surface area contributed by atoms with Crippen molar-refractivity contribution < 1.29 is 29.2 Å². The molecule has 0 amide bonds. The third kappa shape index (κ3) is 2.32. The normalized spacial score (nSPS) is 30.6. The van der Waals surface area contributed by atoms with Crippen molar-refractivity contribution in [3.8, 4) is 5.88 Å². The molecule has 19 heavy (non-hydrogen) atoms. The Hall–Kier alpha value is -1.55. The van der Waals surface area contributed by atoms with Crippen molar-refractivity contribution in [2.45, 2.75) is 24.5 Å². The van der Waals surface area contributed by atoms with Crippen LogP contribution in [0.3, 0.4) is 0 Å². The summed E-state index contributed by atoms with van der Waals surface area (Å²) in [6.45, 7) is -0.546. The first-order valence-electron chi connectivity index (χ1n) is 5.44. The van der Waals surface area contributed by atoms with Crippen molar-refractivity contribution >= 4 is 0 Å². The predicted octanol–water partition coefficient (Wildman–Crippen LogP) is -2.00. The van der Waals surface area contributed by atoms with Crippen molar-refractivity contribution in [1.29, 1.82) is 0 Å². The first-order valence-corrected chi connectivity index (χ1v) is 5.44. The van der Waals surface area contributed by atoms with Crippen LogP contribution in [0.25, 0.3) is 0 Å². The van der Waals surface area contributed by atoms with Crippen molar-refractivity contribution in [3.63, 3.8) is 0 Å². The highest BCUT2D eigenvalue weighted by Crippen LogP contribution is 2.28. The topological polar surface area (TPSA) is 114 Å². The van der Waals surface area contributed by atoms with Crippen molar-refractivity contribution in [1.82, 2.24) is 9.55 Å². The minimum absolute atomic E-state index is 0.479. The summed E-state index contributed by atoms with van der Waals surface area (Å²) < 4.78 is 23.8. The number of aromatic nitrogens is 2. The number of aliphatic hydroxyl groups excluding tert-OH is 3. The zero-order chi connectivity index (χ0) is 14.2. The molecule has 4 atom stereocenters. The summed E-state index contributed by atoms with van der Waals surface area (Å²) in [5.41, 5.74) is -0.909. The molecule has 1 saturated heterocycles. The van der Waals surface area contributed by atoms with E-state index in [4.69, 9.17) is 9.84 Å². The van der Waals surface area contributed by atoms with E-state index in [0.29, 0.717) is 4.57 Å². The van der Waals surface area contributed by atoms with Crippen LogP contribution in [-0.2, 0) is 4.74 Å². The number of halogens is 1. The molecule has 9 heteroatoms. The summed E-state index contributed by atoms with van der Waals surface area (Å²) in [7, 11) is 1.15. The second-order valence-corrected chi connectivity index (χ2v) is 4.02. The Labute approximate surface area is 106 Å². The van der Waals surface area contributed by atoms with E-state index in [9.17, 15) is 19.4 Å². The average Bonchev–Trinajstić information content (AvgIpc) is 2.68. The fourth-order valence-electron chi connectivity index (χ4n) is 1.87. The highest BCUT2D eigenvalue weighted by atomic mass is 19.1. The highest BCUT2D eigenvalue weighted by molar-refractivity contribution is 5.10. The molecular formula is C10H13FN2O6. The fourth-order valence-corrected chi connectivity index (χ4v) is 1.87. The number of hydrogen-bond donors (Lipinski definition) is 3. The molecule has 0 radical (unpaired) electrons. The van der Waals surface area contributed by atoms with E-state index in [2.05, 4.69) is 9.72 Å². The van der Waals surface area contributed by atoms with E-state index in [1.165, 1.54) is 0 Å². The van der Waals surface area contributed by atoms with E-state index in [0.717, 1.165) is 13.3 Å². The van der Waals surface area contributed by atoms with Gasteiger partial charge in [-0.1, -0.05) is 0 Å². The van der Waals surface area contributed by atoms with Gasteiger partial charge in [0.2, 0.25) is 5.82 Å². The Kier molecular flexibility index (Phi) is 3.80. The summed E-state index contributed by atoms with van der Waals surface area (Å²) in [5, 5.41) is 28.2. The molecular weight excluding hydrogens is 263 g/mol. The van der Waals surface area contributed by atoms with Gasteiger partial charge in [0.25, 0.3) is 5.88 Å². The van der Waals surface area contributed by atoms with Gasteiger partial charge in [0, 0.05) is 0 Å². The maximum Gasteiger partial charge on any atom is 0.353 e. The minimum atomic E-state index is -1.48. The van der Waals surface area contributed by atoms with Gasteiger partial charge in [-0.3, -0.25) is 4.57 Å². The van der Waals surface area contributed by atoms with Gasteiger partial charge < -0.3 is 24.8 Å². The third-order valence-electron chi connectivity index (χ3n) is 2.86. The van der Waals surface area contributed by atoms with Gasteiger partial charge in [0.15, 0.2) is 6.23 Å². The molecule has 1 aromatic rings. The summed E-state index contributed by atoms with van der Waals surface area (Å²) in [5.74, 6) is -1.40. The fraction of sp³-hybridized carbons (Fsp3) is 0.600. The molecule has 0 aromatic carbocycles. The third-order valence-corrected chi connectivity index (χ3v) is 2.86. The number of hydrogen-bond acceptors (Lipinski definition) is 7. The zero-order valence-corrected chi connectivity index (χ0v) is 9.93. The lowest BCUT2D eigenvalue weighted by Crippen LogP contribution is -2.36. The molecule has 1 aliphatic rings. The van der Waals surface area contributed by atoms with Gasteiger partial charge in [-0.15, -0.1) is 0 Å². The quantitative estimate of drug-likeness (QED) is 0.585. The van der Waals surface area contributed by atoms with Gasteiger partial charge >= 0.3 is 5.69 Å². The molecule has 106 valence electrons. The number of aliphatic hydroxyl groups is 3. The number of methoxy groups -OCH3 is 1. The number of ether oxygens (including phenoxy) is 2. The lowest BCUT2D eigenvalue weighted by Gasteiger charge is -2.17. The lowest BCUT2D eigenvalue weighted by molar-refractivity contribution is -0.0555. The van der Waals surface area contributed by atoms with Gasteiger partial charge in [-0.2, -0.15) is 9.37 Å². The molecule has 1 aromatic heterocycles. The van der Waals surface area contributed by atoms with Crippen LogP contribution in [0.1, 0.15) is 6.23 Å². The van der Waals surface area contributed by atoms with E-state index in [-0.39, 0.29) is 0 Å². The minimum Gasteiger partial charge on any atom is -0.479 e. The summed E-state index contributed by atoms with van der Waals surface area (Å²) in [6.07, 6.45) is -4.49. The SMILES string of the molecule is COc1nc(=O)n(C2OC(CO)C(O)C2O)cc1F. The Morgan fingerprint density at radius 3 is 2.74 bits per heavy atom. The lowest BCUT2D eigenvalue weighted by atomic mass is 10.1. The standard InChI is InChI=1S/C10H13FN2O6/c1-18-8-4(11)2-13(10(17)12-8)9-7(16)6(15)5(3-14)19-9/h2,5-7,9,14-16H,3H2,1H3. The molecule has 3 N–H and O–H groups in total. The van der Waals surface area contributed by atoms with Crippen molar-refractivity contribution in [2.24, 2.45) is 0 Å². The molecule has 0 spiro atoms. The molecule has 8 nitrogen and oxygen atoms in total. The Morgan fingerprint density at radius 1 is 1.53 bits per heavy atom. The molecule has 4 unspecified atom stereocenters. The number of rotatable bonds is 3. The molecule has 2 heterocycles. The van der Waals surface area contributed by atoms with E-state index >= 15 is 0 Å². The maximum absolute atomic E-state index is 13.5. The highest BCUT2D eigenvalue weighted by Gasteiger charge is 2.44. The van der Waals surface area contributed by atoms with Gasteiger partial charge in [-0.25, -0.2) is 4.79 Å². The summed E-state index contributed by atoms with van der Waals surface area (Å²) in [4.78, 5) is 15.0. The molecule has 2 rings (SSSR count). The van der Waals surface area contributed by atoms with Crippen molar-refractivity contribution in [2.75, 3.05) is 13.7 Å². The monoisotopic (exact) mass is 276 g/mol. The van der Waals surface area contributed by atoms with E-state index < -0.39 is 48.5 Å². The summed E-state index contributed by atoms with van der Waals surface area (Å²) in [6, 6.07) is 0. The van der Waals surface area contributed by atoms with Crippen LogP contribution in [0, 0.1) is 5.82 Å². The van der Waals surface area contributed by atoms with Crippen molar-refractivity contribution in [3.05, 3.63) is 22.5 Å². The van der Waals surface area contributed by atoms with Gasteiger partial charge in [-0.05, 0) is 0 Å². The Morgan fingerprint density at radius 2 is 2.21 bits per heavy atom. The van der Waals surface area contributed by atoms with Crippen LogP contribution >= 0.6 is 0 Å². The van der Waals surface area contributed by atoms with Crippen LogP contribution < -0.4 is 10.4 Å². The molecule has 1 aliphatic heterocycles. The van der Waals surface area contributed by atoms with Crippen LogP contribution in [0.2, 0.25) is 0 Å². The molecule has 0 saturated carbocycles. The molecule has 0 bridgehead atoms. The van der Waals surface area contributed by atoms with Crippen LogP contribution in [-0.4, -0.2) is 56.9 Å². The van der Waals surface area contributed by atoms with Gasteiger partial charge in [0.05, 0.1) is 19.9 Å². The number of nitrogens with zero attached hydrogens (tertiary/aromatic N) is 2. The zero-order valence-electron chi connectivity index (χ0n) is 9.93. The van der Waals surface area contributed by atoms with Gasteiger partial charge in [0.1, 0.15) is 18.3 Å². The summed E-state index contributed by atoms with van der Waals surface area (Å²) >= 11 is 0.